The quantitative estimate of drug-likeness (QED) is 0.492. The van der Waals surface area contributed by atoms with Crippen LogP contribution in [0.2, 0.25) is 0 Å². The lowest BCUT2D eigenvalue weighted by molar-refractivity contribution is -0.858. The van der Waals surface area contributed by atoms with E-state index in [0.29, 0.717) is 12.4 Å². The summed E-state index contributed by atoms with van der Waals surface area (Å²) in [7, 11) is 4.02. The zero-order chi connectivity index (χ0) is 14.8. The number of carboxylic acid groups (broad SMARTS) is 1. The van der Waals surface area contributed by atoms with Crippen LogP contribution in [0.5, 0.6) is 5.75 Å². The second-order valence-corrected chi connectivity index (χ2v) is 4.09. The van der Waals surface area contributed by atoms with Gasteiger partial charge in [-0.2, -0.15) is 0 Å². The number of esters is 1. The molecule has 0 saturated heterocycles. The molecule has 0 aliphatic carbocycles. The van der Waals surface area contributed by atoms with Gasteiger partial charge in [-0.05, 0) is 29.8 Å². The molecule has 0 aliphatic rings. The Kier molecular flexibility index (Phi) is 8.15. The maximum Gasteiger partial charge on any atom is 0.308 e. The first kappa shape index (κ1) is 17.1. The van der Waals surface area contributed by atoms with E-state index < -0.39 is 11.9 Å². The van der Waals surface area contributed by atoms with Crippen molar-refractivity contribution in [3.63, 3.8) is 0 Å². The molecule has 1 aromatic carbocycles. The van der Waals surface area contributed by atoms with Crippen LogP contribution in [0.15, 0.2) is 24.3 Å². The van der Waals surface area contributed by atoms with Gasteiger partial charge in [0.2, 0.25) is 0 Å². The van der Waals surface area contributed by atoms with E-state index >= 15 is 0 Å². The molecule has 19 heavy (non-hydrogen) atoms. The van der Waals surface area contributed by atoms with Gasteiger partial charge in [0.15, 0.2) is 0 Å². The van der Waals surface area contributed by atoms with Crippen LogP contribution < -0.4 is 14.7 Å². The van der Waals surface area contributed by atoms with Gasteiger partial charge in [-0.25, -0.2) is 0 Å². The molecule has 6 heteroatoms. The van der Waals surface area contributed by atoms with E-state index in [1.165, 1.54) is 36.1 Å². The van der Waals surface area contributed by atoms with Crippen molar-refractivity contribution < 1.29 is 29.4 Å². The largest absolute Gasteiger partial charge is 0.545 e. The molecule has 1 aromatic rings. The topological polar surface area (TPSA) is 91.1 Å². The Labute approximate surface area is 112 Å². The van der Waals surface area contributed by atoms with Crippen molar-refractivity contribution in [2.45, 2.75) is 6.92 Å². The molecular formula is C13H19NO5. The summed E-state index contributed by atoms with van der Waals surface area (Å²) < 4.78 is 4.70. The highest BCUT2D eigenvalue weighted by Crippen LogP contribution is 2.11. The average molecular weight is 269 g/mol. The molecule has 0 radical (unpaired) electrons. The normalized spacial score (nSPS) is 9.53. The van der Waals surface area contributed by atoms with Gasteiger partial charge in [-0.3, -0.25) is 4.79 Å². The Morgan fingerprint density at radius 3 is 2.05 bits per heavy atom. The standard InChI is InChI=1S/C9H8O4.C4H11NO/c1-6(10)13-8-4-2-7(3-5-8)9(11)12;1-5(2)3-4-6/h2-5H,1H3,(H,11,12);6H,3-4H2,1-2H3. The van der Waals surface area contributed by atoms with Crippen LogP contribution >= 0.6 is 0 Å². The minimum Gasteiger partial charge on any atom is -0.545 e. The van der Waals surface area contributed by atoms with Crippen molar-refractivity contribution in [2.75, 3.05) is 27.2 Å². The Morgan fingerprint density at radius 2 is 1.79 bits per heavy atom. The monoisotopic (exact) mass is 269 g/mol. The number of nitrogens with one attached hydrogen (secondary N) is 1. The molecule has 0 aromatic heterocycles. The molecule has 0 unspecified atom stereocenters. The molecule has 0 bridgehead atoms. The highest BCUT2D eigenvalue weighted by molar-refractivity contribution is 5.85. The zero-order valence-corrected chi connectivity index (χ0v) is 11.3. The fraction of sp³-hybridized carbons (Fsp3) is 0.385. The highest BCUT2D eigenvalue weighted by Gasteiger charge is 1.98. The number of hydrogen-bond donors (Lipinski definition) is 2. The van der Waals surface area contributed by atoms with Crippen molar-refractivity contribution in [2.24, 2.45) is 0 Å². The first-order valence-corrected chi connectivity index (χ1v) is 5.76. The molecule has 6 nitrogen and oxygen atoms in total. The Bertz CT molecular complexity index is 400. The third-order valence-corrected chi connectivity index (χ3v) is 1.96. The van der Waals surface area contributed by atoms with Crippen LogP contribution in [0.25, 0.3) is 0 Å². The third-order valence-electron chi connectivity index (χ3n) is 1.96. The summed E-state index contributed by atoms with van der Waals surface area (Å²) in [4.78, 5) is 22.1. The van der Waals surface area contributed by atoms with Gasteiger partial charge in [-0.1, -0.05) is 0 Å². The first-order chi connectivity index (χ1) is 8.86. The summed E-state index contributed by atoms with van der Waals surface area (Å²) in [6.07, 6.45) is 0. The van der Waals surface area contributed by atoms with Crippen molar-refractivity contribution in [3.05, 3.63) is 29.8 Å². The van der Waals surface area contributed by atoms with Gasteiger partial charge in [0.05, 0.1) is 26.7 Å². The van der Waals surface area contributed by atoms with Gasteiger partial charge < -0.3 is 24.6 Å². The van der Waals surface area contributed by atoms with Crippen LogP contribution in [0.4, 0.5) is 0 Å². The summed E-state index contributed by atoms with van der Waals surface area (Å²) in [5, 5.41) is 18.5. The molecule has 0 aliphatic heterocycles. The van der Waals surface area contributed by atoms with Gasteiger partial charge in [0, 0.05) is 6.92 Å². The van der Waals surface area contributed by atoms with Gasteiger partial charge in [-0.15, -0.1) is 0 Å². The maximum atomic E-state index is 10.5. The Hall–Kier alpha value is -1.92. The Morgan fingerprint density at radius 1 is 1.26 bits per heavy atom. The third kappa shape index (κ3) is 8.76. The smallest absolute Gasteiger partial charge is 0.308 e. The van der Waals surface area contributed by atoms with Gasteiger partial charge in [0.25, 0.3) is 0 Å². The SMILES string of the molecule is CC(=O)Oc1ccc(C(=O)[O-])cc1.C[NH+](C)CCO. The second-order valence-electron chi connectivity index (χ2n) is 4.09. The summed E-state index contributed by atoms with van der Waals surface area (Å²) in [6, 6.07) is 5.42. The van der Waals surface area contributed by atoms with E-state index in [0.717, 1.165) is 6.54 Å². The molecular weight excluding hydrogens is 250 g/mol. The lowest BCUT2D eigenvalue weighted by Crippen LogP contribution is -3.06. The number of aliphatic hydroxyl groups is 1. The predicted molar refractivity (Wildman–Crippen MR) is 66.8 cm³/mol. The van der Waals surface area contributed by atoms with E-state index in [1.807, 2.05) is 14.1 Å². The summed E-state index contributed by atoms with van der Waals surface area (Å²) in [6.45, 7) is 2.41. The number of hydrogen-bond acceptors (Lipinski definition) is 5. The highest BCUT2D eigenvalue weighted by atomic mass is 16.5. The molecule has 0 atom stereocenters. The molecule has 0 saturated carbocycles. The minimum atomic E-state index is -1.26. The van der Waals surface area contributed by atoms with Crippen LogP contribution in [0.3, 0.4) is 0 Å². The Balaban J connectivity index is 0.000000459. The van der Waals surface area contributed by atoms with E-state index in [9.17, 15) is 14.7 Å². The van der Waals surface area contributed by atoms with Crippen LogP contribution in [0.1, 0.15) is 17.3 Å². The predicted octanol–water partition coefficient (Wildman–Crippen LogP) is -1.90. The van der Waals surface area contributed by atoms with Crippen LogP contribution in [0, 0.1) is 0 Å². The number of aromatic carboxylic acids is 1. The number of ether oxygens (including phenoxy) is 1. The number of carbonyl (C=O) groups excluding carboxylic acids is 2. The van der Waals surface area contributed by atoms with E-state index in [-0.39, 0.29) is 5.56 Å². The molecule has 2 N–H and O–H groups in total. The maximum absolute atomic E-state index is 10.5. The molecule has 0 spiro atoms. The van der Waals surface area contributed by atoms with Crippen LogP contribution in [-0.2, 0) is 4.79 Å². The lowest BCUT2D eigenvalue weighted by atomic mass is 10.2. The van der Waals surface area contributed by atoms with E-state index in [4.69, 9.17) is 9.84 Å². The number of likely N-dealkylation sites (N-methyl/N-ethyl adjacent to an activating group) is 1. The fourth-order valence-electron chi connectivity index (χ4n) is 1.05. The van der Waals surface area contributed by atoms with E-state index in [2.05, 4.69) is 0 Å². The second kappa shape index (κ2) is 9.07. The molecule has 1 rings (SSSR count). The minimum absolute atomic E-state index is 0.0518. The van der Waals surface area contributed by atoms with Crippen molar-refractivity contribution >= 4 is 11.9 Å². The molecule has 106 valence electrons. The molecule has 0 fully saturated rings. The van der Waals surface area contributed by atoms with Gasteiger partial charge in [0.1, 0.15) is 12.3 Å². The van der Waals surface area contributed by atoms with Crippen molar-refractivity contribution in [1.82, 2.24) is 0 Å². The summed E-state index contributed by atoms with van der Waals surface area (Å²) in [5.41, 5.74) is 0.0518. The summed E-state index contributed by atoms with van der Waals surface area (Å²) >= 11 is 0. The van der Waals surface area contributed by atoms with Crippen molar-refractivity contribution in [3.8, 4) is 5.75 Å². The first-order valence-electron chi connectivity index (χ1n) is 5.76. The zero-order valence-electron chi connectivity index (χ0n) is 11.3. The average Bonchev–Trinajstić information content (AvgIpc) is 2.29. The van der Waals surface area contributed by atoms with Crippen molar-refractivity contribution in [1.29, 1.82) is 0 Å². The number of quaternary nitrogens is 1. The van der Waals surface area contributed by atoms with Gasteiger partial charge >= 0.3 is 5.97 Å². The number of carboxylic acids is 1. The number of aliphatic hydroxyl groups excluding tert-OH is 1. The number of benzene rings is 1. The molecule has 0 amide bonds. The summed E-state index contributed by atoms with van der Waals surface area (Å²) in [5.74, 6) is -1.38. The van der Waals surface area contributed by atoms with Crippen LogP contribution in [-0.4, -0.2) is 44.3 Å². The number of carbonyl (C=O) groups is 2. The fourth-order valence-corrected chi connectivity index (χ4v) is 1.05. The van der Waals surface area contributed by atoms with E-state index in [1.54, 1.807) is 0 Å². The lowest BCUT2D eigenvalue weighted by Gasteiger charge is -2.03. The molecule has 0 heterocycles. The number of rotatable bonds is 4.